The molecule has 1 aromatic carbocycles. The van der Waals surface area contributed by atoms with E-state index in [2.05, 4.69) is 12.6 Å². The molecule has 0 radical (unpaired) electrons. The third kappa shape index (κ3) is 1.93. The molecule has 0 saturated carbocycles. The second kappa shape index (κ2) is 4.05. The average Bonchev–Trinajstić information content (AvgIpc) is 2.02. The van der Waals surface area contributed by atoms with Crippen molar-refractivity contribution < 1.29 is 4.79 Å². The summed E-state index contributed by atoms with van der Waals surface area (Å²) in [5.41, 5.74) is 9.05. The Bertz CT molecular complexity index is 372. The van der Waals surface area contributed by atoms with Gasteiger partial charge in [0, 0.05) is 10.8 Å². The SMILES string of the molecule is Cc1ccc(C(N)=O)c(C)c1C(C)S. The second-order valence-electron chi connectivity index (χ2n) is 3.51. The molecule has 1 atom stereocenters. The van der Waals surface area contributed by atoms with Crippen molar-refractivity contribution in [2.24, 2.45) is 5.73 Å². The van der Waals surface area contributed by atoms with Gasteiger partial charge in [0.15, 0.2) is 0 Å². The fourth-order valence-corrected chi connectivity index (χ4v) is 2.17. The molecule has 0 aliphatic heterocycles. The van der Waals surface area contributed by atoms with Crippen LogP contribution in [0.4, 0.5) is 0 Å². The van der Waals surface area contributed by atoms with Crippen LogP contribution in [0.15, 0.2) is 12.1 Å². The van der Waals surface area contributed by atoms with Crippen molar-refractivity contribution in [1.82, 2.24) is 0 Å². The fourth-order valence-electron chi connectivity index (χ4n) is 1.77. The van der Waals surface area contributed by atoms with Crippen molar-refractivity contribution in [2.75, 3.05) is 0 Å². The first-order chi connectivity index (χ1) is 6.45. The van der Waals surface area contributed by atoms with Crippen LogP contribution in [0.1, 0.15) is 39.2 Å². The number of aryl methyl sites for hydroxylation is 1. The molecule has 0 bridgehead atoms. The number of benzene rings is 1. The molecule has 0 heterocycles. The van der Waals surface area contributed by atoms with Crippen molar-refractivity contribution in [3.05, 3.63) is 34.4 Å². The van der Waals surface area contributed by atoms with E-state index in [0.717, 1.165) is 16.7 Å². The first-order valence-electron chi connectivity index (χ1n) is 4.53. The van der Waals surface area contributed by atoms with Crippen molar-refractivity contribution in [3.8, 4) is 0 Å². The summed E-state index contributed by atoms with van der Waals surface area (Å²) >= 11 is 4.39. The molecule has 2 N–H and O–H groups in total. The van der Waals surface area contributed by atoms with Crippen LogP contribution < -0.4 is 5.73 Å². The van der Waals surface area contributed by atoms with E-state index < -0.39 is 0 Å². The lowest BCUT2D eigenvalue weighted by Crippen LogP contribution is -2.14. The molecule has 1 amide bonds. The molecule has 0 saturated heterocycles. The van der Waals surface area contributed by atoms with E-state index in [1.807, 2.05) is 26.8 Å². The van der Waals surface area contributed by atoms with E-state index in [-0.39, 0.29) is 11.2 Å². The highest BCUT2D eigenvalue weighted by Crippen LogP contribution is 2.28. The zero-order valence-electron chi connectivity index (χ0n) is 8.66. The molecule has 0 aliphatic rings. The van der Waals surface area contributed by atoms with Crippen LogP contribution in [0.2, 0.25) is 0 Å². The van der Waals surface area contributed by atoms with E-state index in [9.17, 15) is 4.79 Å². The Morgan fingerprint density at radius 1 is 1.43 bits per heavy atom. The van der Waals surface area contributed by atoms with Gasteiger partial charge in [-0.15, -0.1) is 0 Å². The third-order valence-corrected chi connectivity index (χ3v) is 2.67. The zero-order valence-corrected chi connectivity index (χ0v) is 9.56. The predicted molar refractivity (Wildman–Crippen MR) is 61.8 cm³/mol. The summed E-state index contributed by atoms with van der Waals surface area (Å²) in [7, 11) is 0. The van der Waals surface area contributed by atoms with Crippen LogP contribution >= 0.6 is 12.6 Å². The van der Waals surface area contributed by atoms with Gasteiger partial charge in [-0.2, -0.15) is 12.6 Å². The summed E-state index contributed by atoms with van der Waals surface area (Å²) < 4.78 is 0. The van der Waals surface area contributed by atoms with E-state index in [0.29, 0.717) is 5.56 Å². The first-order valence-corrected chi connectivity index (χ1v) is 5.04. The molecule has 0 aromatic heterocycles. The Morgan fingerprint density at radius 2 is 2.00 bits per heavy atom. The maximum atomic E-state index is 11.1. The monoisotopic (exact) mass is 209 g/mol. The highest BCUT2D eigenvalue weighted by molar-refractivity contribution is 7.80. The van der Waals surface area contributed by atoms with E-state index >= 15 is 0 Å². The Balaban J connectivity index is 3.41. The molecule has 0 aliphatic carbocycles. The molecular weight excluding hydrogens is 194 g/mol. The van der Waals surface area contributed by atoms with E-state index in [1.54, 1.807) is 6.07 Å². The molecule has 3 heteroatoms. The van der Waals surface area contributed by atoms with Gasteiger partial charge in [-0.05, 0) is 43.5 Å². The lowest BCUT2D eigenvalue weighted by Gasteiger charge is -2.15. The number of primary amides is 1. The Hall–Kier alpha value is -0.960. The van der Waals surface area contributed by atoms with E-state index in [4.69, 9.17) is 5.73 Å². The molecule has 2 nitrogen and oxygen atoms in total. The number of carbonyl (C=O) groups is 1. The first kappa shape index (κ1) is 11.1. The summed E-state index contributed by atoms with van der Waals surface area (Å²) in [5, 5.41) is 0.120. The minimum Gasteiger partial charge on any atom is -0.366 e. The Labute approximate surface area is 89.9 Å². The van der Waals surface area contributed by atoms with Gasteiger partial charge >= 0.3 is 0 Å². The minimum absolute atomic E-state index is 0.120. The fraction of sp³-hybridized carbons (Fsp3) is 0.364. The average molecular weight is 209 g/mol. The van der Waals surface area contributed by atoms with Crippen LogP contribution in [-0.4, -0.2) is 5.91 Å². The van der Waals surface area contributed by atoms with E-state index in [1.165, 1.54) is 0 Å². The summed E-state index contributed by atoms with van der Waals surface area (Å²) in [5.74, 6) is -0.377. The van der Waals surface area contributed by atoms with Gasteiger partial charge in [-0.25, -0.2) is 0 Å². The molecule has 1 aromatic rings. The van der Waals surface area contributed by atoms with Gasteiger partial charge in [0.2, 0.25) is 5.91 Å². The molecule has 1 unspecified atom stereocenters. The Morgan fingerprint density at radius 3 is 2.43 bits per heavy atom. The van der Waals surface area contributed by atoms with Crippen LogP contribution in [0.25, 0.3) is 0 Å². The maximum Gasteiger partial charge on any atom is 0.248 e. The lowest BCUT2D eigenvalue weighted by atomic mass is 9.95. The van der Waals surface area contributed by atoms with Gasteiger partial charge in [-0.3, -0.25) is 4.79 Å². The highest BCUT2D eigenvalue weighted by atomic mass is 32.1. The smallest absolute Gasteiger partial charge is 0.248 e. The van der Waals surface area contributed by atoms with Crippen LogP contribution in [-0.2, 0) is 0 Å². The minimum atomic E-state index is -0.377. The van der Waals surface area contributed by atoms with Crippen molar-refractivity contribution in [1.29, 1.82) is 0 Å². The van der Waals surface area contributed by atoms with Crippen LogP contribution in [0, 0.1) is 13.8 Å². The van der Waals surface area contributed by atoms with Gasteiger partial charge in [0.1, 0.15) is 0 Å². The topological polar surface area (TPSA) is 43.1 Å². The van der Waals surface area contributed by atoms with Crippen LogP contribution in [0.5, 0.6) is 0 Å². The number of thiol groups is 1. The number of nitrogens with two attached hydrogens (primary N) is 1. The van der Waals surface area contributed by atoms with Crippen LogP contribution in [0.3, 0.4) is 0 Å². The maximum absolute atomic E-state index is 11.1. The summed E-state index contributed by atoms with van der Waals surface area (Å²) in [6.45, 7) is 5.91. The zero-order chi connectivity index (χ0) is 10.9. The molecule has 0 fully saturated rings. The number of rotatable bonds is 2. The van der Waals surface area contributed by atoms with Gasteiger partial charge in [0.25, 0.3) is 0 Å². The molecule has 76 valence electrons. The van der Waals surface area contributed by atoms with Crippen molar-refractivity contribution >= 4 is 18.5 Å². The predicted octanol–water partition coefficient (Wildman–Crippen LogP) is 2.39. The lowest BCUT2D eigenvalue weighted by molar-refractivity contribution is 0.0999. The standard InChI is InChI=1S/C11H15NOS/c1-6-4-5-9(11(12)13)7(2)10(6)8(3)14/h4-5,8,14H,1-3H3,(H2,12,13). The molecular formula is C11H15NOS. The van der Waals surface area contributed by atoms with Crippen molar-refractivity contribution in [3.63, 3.8) is 0 Å². The molecule has 0 spiro atoms. The number of hydrogen-bond donors (Lipinski definition) is 2. The van der Waals surface area contributed by atoms with Gasteiger partial charge in [0.05, 0.1) is 0 Å². The normalized spacial score (nSPS) is 12.6. The summed E-state index contributed by atoms with van der Waals surface area (Å²) in [6, 6.07) is 3.68. The quantitative estimate of drug-likeness (QED) is 0.722. The van der Waals surface area contributed by atoms with Gasteiger partial charge < -0.3 is 5.73 Å². The molecule has 1 rings (SSSR count). The third-order valence-electron chi connectivity index (χ3n) is 2.42. The largest absolute Gasteiger partial charge is 0.366 e. The second-order valence-corrected chi connectivity index (χ2v) is 4.28. The van der Waals surface area contributed by atoms with Gasteiger partial charge in [-0.1, -0.05) is 6.07 Å². The molecule has 14 heavy (non-hydrogen) atoms. The highest BCUT2D eigenvalue weighted by Gasteiger charge is 2.13. The number of carbonyl (C=O) groups excluding carboxylic acids is 1. The summed E-state index contributed by atoms with van der Waals surface area (Å²) in [6.07, 6.45) is 0. The summed E-state index contributed by atoms with van der Waals surface area (Å²) in [4.78, 5) is 11.1. The Kier molecular flexibility index (Phi) is 3.21. The number of hydrogen-bond acceptors (Lipinski definition) is 2. The van der Waals surface area contributed by atoms with Crippen molar-refractivity contribution in [2.45, 2.75) is 26.0 Å². The number of amides is 1.